The zero-order valence-corrected chi connectivity index (χ0v) is 12.8. The summed E-state index contributed by atoms with van der Waals surface area (Å²) in [5.74, 6) is 0.890. The van der Waals surface area contributed by atoms with Gasteiger partial charge in [-0.2, -0.15) is 0 Å². The maximum Gasteiger partial charge on any atom is 0.0572 e. The molecule has 2 heteroatoms. The molecule has 1 saturated carbocycles. The van der Waals surface area contributed by atoms with Crippen LogP contribution in [0.5, 0.6) is 0 Å². The van der Waals surface area contributed by atoms with Crippen LogP contribution < -0.4 is 0 Å². The smallest absolute Gasteiger partial charge is 0.0572 e. The molecule has 0 aliphatic heterocycles. The van der Waals surface area contributed by atoms with E-state index in [0.717, 1.165) is 30.7 Å². The second-order valence-corrected chi connectivity index (χ2v) is 6.52. The predicted molar refractivity (Wildman–Crippen MR) is 87.7 cm³/mol. The second-order valence-electron chi connectivity index (χ2n) is 6.08. The van der Waals surface area contributed by atoms with Gasteiger partial charge in [-0.25, -0.2) is 0 Å². The van der Waals surface area contributed by atoms with Gasteiger partial charge in [-0.3, -0.25) is 0 Å². The Balaban J connectivity index is 1.72. The minimum atomic E-state index is -0.191. The number of hydrogen-bond donors (Lipinski definition) is 1. The number of rotatable bonds is 3. The van der Waals surface area contributed by atoms with E-state index in [2.05, 4.69) is 36.4 Å². The molecule has 21 heavy (non-hydrogen) atoms. The number of aliphatic hydroxyl groups is 1. The minimum Gasteiger partial charge on any atom is -0.393 e. The van der Waals surface area contributed by atoms with Crippen molar-refractivity contribution in [3.05, 3.63) is 70.7 Å². The van der Waals surface area contributed by atoms with Gasteiger partial charge in [0.15, 0.2) is 0 Å². The summed E-state index contributed by atoms with van der Waals surface area (Å²) < 4.78 is 0. The maximum atomic E-state index is 10.3. The summed E-state index contributed by atoms with van der Waals surface area (Å²) in [4.78, 5) is 0. The van der Waals surface area contributed by atoms with E-state index in [9.17, 15) is 5.11 Å². The molecule has 110 valence electrons. The minimum absolute atomic E-state index is 0.191. The molecule has 0 radical (unpaired) electrons. The van der Waals surface area contributed by atoms with E-state index in [4.69, 9.17) is 11.6 Å². The zero-order chi connectivity index (χ0) is 14.7. The Labute approximate surface area is 131 Å². The van der Waals surface area contributed by atoms with Crippen LogP contribution in [0.4, 0.5) is 0 Å². The molecule has 1 aliphatic carbocycles. The monoisotopic (exact) mass is 300 g/mol. The summed E-state index contributed by atoms with van der Waals surface area (Å²) in [7, 11) is 0. The van der Waals surface area contributed by atoms with Gasteiger partial charge in [0.1, 0.15) is 0 Å². The van der Waals surface area contributed by atoms with Gasteiger partial charge in [-0.05, 0) is 60.8 Å². The zero-order valence-electron chi connectivity index (χ0n) is 12.1. The number of benzene rings is 2. The summed E-state index contributed by atoms with van der Waals surface area (Å²) in [6.45, 7) is 0. The molecule has 2 aromatic rings. The molecule has 0 amide bonds. The van der Waals surface area contributed by atoms with Gasteiger partial charge < -0.3 is 5.11 Å². The fraction of sp³-hybridized carbons (Fsp3) is 0.368. The number of halogens is 1. The molecule has 1 nitrogen and oxygen atoms in total. The highest BCUT2D eigenvalue weighted by Gasteiger charge is 2.29. The molecule has 0 heterocycles. The lowest BCUT2D eigenvalue weighted by Crippen LogP contribution is -2.29. The molecular weight excluding hydrogens is 280 g/mol. The molecule has 0 spiro atoms. The van der Waals surface area contributed by atoms with Crippen molar-refractivity contribution in [2.75, 3.05) is 0 Å². The van der Waals surface area contributed by atoms with Crippen molar-refractivity contribution < 1.29 is 5.11 Å². The summed E-state index contributed by atoms with van der Waals surface area (Å²) >= 11 is 6.06. The van der Waals surface area contributed by atoms with Crippen LogP contribution in [-0.2, 0) is 6.42 Å². The molecule has 0 bridgehead atoms. The third-order valence-electron chi connectivity index (χ3n) is 4.60. The van der Waals surface area contributed by atoms with Crippen LogP contribution in [0.2, 0.25) is 5.02 Å². The molecule has 2 aromatic carbocycles. The van der Waals surface area contributed by atoms with Crippen molar-refractivity contribution in [3.63, 3.8) is 0 Å². The normalized spacial score (nSPS) is 25.7. The van der Waals surface area contributed by atoms with Crippen LogP contribution in [0, 0.1) is 5.92 Å². The lowest BCUT2D eigenvalue weighted by Gasteiger charge is -2.33. The molecule has 3 unspecified atom stereocenters. The van der Waals surface area contributed by atoms with E-state index in [1.165, 1.54) is 11.1 Å². The Morgan fingerprint density at radius 1 is 1.00 bits per heavy atom. The highest BCUT2D eigenvalue weighted by atomic mass is 35.5. The van der Waals surface area contributed by atoms with Crippen LogP contribution in [0.3, 0.4) is 0 Å². The number of hydrogen-bond acceptors (Lipinski definition) is 1. The van der Waals surface area contributed by atoms with Crippen LogP contribution in [-0.4, -0.2) is 11.2 Å². The third-order valence-corrected chi connectivity index (χ3v) is 4.84. The molecule has 0 aromatic heterocycles. The molecular formula is C19H21ClO. The average molecular weight is 301 g/mol. The van der Waals surface area contributed by atoms with E-state index >= 15 is 0 Å². The van der Waals surface area contributed by atoms with Gasteiger partial charge >= 0.3 is 0 Å². The van der Waals surface area contributed by atoms with Crippen molar-refractivity contribution in [1.29, 1.82) is 0 Å². The fourth-order valence-electron chi connectivity index (χ4n) is 3.46. The molecule has 1 fully saturated rings. The Morgan fingerprint density at radius 3 is 2.57 bits per heavy atom. The van der Waals surface area contributed by atoms with Gasteiger partial charge in [-0.15, -0.1) is 0 Å². The topological polar surface area (TPSA) is 20.2 Å². The summed E-state index contributed by atoms with van der Waals surface area (Å²) in [5.41, 5.74) is 2.63. The quantitative estimate of drug-likeness (QED) is 0.861. The first-order chi connectivity index (χ1) is 10.2. The predicted octanol–water partition coefficient (Wildman–Crippen LogP) is 4.83. The highest BCUT2D eigenvalue weighted by molar-refractivity contribution is 6.30. The standard InChI is InChI=1S/C19H21ClO/c20-18-8-4-5-14(12-18)11-17-13-16(9-10-19(17)21)15-6-2-1-3-7-15/h1-8,12,16-17,19,21H,9-11,13H2. The summed E-state index contributed by atoms with van der Waals surface area (Å²) in [6, 6.07) is 18.7. The van der Waals surface area contributed by atoms with Crippen molar-refractivity contribution in [1.82, 2.24) is 0 Å². The Morgan fingerprint density at radius 2 is 1.81 bits per heavy atom. The van der Waals surface area contributed by atoms with Gasteiger partial charge in [0, 0.05) is 5.02 Å². The van der Waals surface area contributed by atoms with Crippen molar-refractivity contribution in [2.45, 2.75) is 37.7 Å². The van der Waals surface area contributed by atoms with Gasteiger partial charge in [-0.1, -0.05) is 54.1 Å². The van der Waals surface area contributed by atoms with Crippen molar-refractivity contribution in [3.8, 4) is 0 Å². The van der Waals surface area contributed by atoms with E-state index in [-0.39, 0.29) is 6.10 Å². The van der Waals surface area contributed by atoms with Crippen LogP contribution in [0.15, 0.2) is 54.6 Å². The van der Waals surface area contributed by atoms with Crippen molar-refractivity contribution in [2.24, 2.45) is 5.92 Å². The summed E-state index contributed by atoms with van der Waals surface area (Å²) in [5, 5.41) is 11.1. The van der Waals surface area contributed by atoms with Gasteiger partial charge in [0.2, 0.25) is 0 Å². The third kappa shape index (κ3) is 3.66. The van der Waals surface area contributed by atoms with Crippen LogP contribution in [0.1, 0.15) is 36.3 Å². The first-order valence-corrected chi connectivity index (χ1v) is 8.07. The first-order valence-electron chi connectivity index (χ1n) is 7.70. The Hall–Kier alpha value is -1.31. The number of aliphatic hydroxyl groups excluding tert-OH is 1. The average Bonchev–Trinajstić information content (AvgIpc) is 2.50. The van der Waals surface area contributed by atoms with E-state index in [1.54, 1.807) is 0 Å². The first kappa shape index (κ1) is 14.6. The molecule has 3 atom stereocenters. The molecule has 3 rings (SSSR count). The maximum absolute atomic E-state index is 10.3. The van der Waals surface area contributed by atoms with Crippen LogP contribution in [0.25, 0.3) is 0 Å². The van der Waals surface area contributed by atoms with Crippen LogP contribution >= 0.6 is 11.6 Å². The van der Waals surface area contributed by atoms with Crippen molar-refractivity contribution >= 4 is 11.6 Å². The Bertz CT molecular complexity index is 581. The largest absolute Gasteiger partial charge is 0.393 e. The van der Waals surface area contributed by atoms with Gasteiger partial charge in [0.05, 0.1) is 6.10 Å². The van der Waals surface area contributed by atoms with E-state index < -0.39 is 0 Å². The van der Waals surface area contributed by atoms with E-state index in [0.29, 0.717) is 11.8 Å². The summed E-state index contributed by atoms with van der Waals surface area (Å²) in [6.07, 6.45) is 3.74. The lowest BCUT2D eigenvalue weighted by molar-refractivity contribution is 0.0620. The molecule has 1 N–H and O–H groups in total. The van der Waals surface area contributed by atoms with E-state index in [1.807, 2.05) is 18.2 Å². The Kier molecular flexibility index (Phi) is 4.62. The lowest BCUT2D eigenvalue weighted by atomic mass is 9.74. The SMILES string of the molecule is OC1CCC(c2ccccc2)CC1Cc1cccc(Cl)c1. The molecule has 1 aliphatic rings. The second kappa shape index (κ2) is 6.64. The fourth-order valence-corrected chi connectivity index (χ4v) is 3.67. The molecule has 0 saturated heterocycles. The van der Waals surface area contributed by atoms with Gasteiger partial charge in [0.25, 0.3) is 0 Å². The highest BCUT2D eigenvalue weighted by Crippen LogP contribution is 2.37.